The van der Waals surface area contributed by atoms with Crippen molar-refractivity contribution in [3.63, 3.8) is 0 Å². The molecular weight excluding hydrogens is 288 g/mol. The SMILES string of the molecule is Cc1nn(CCn2ccnc2C)c(C)c1S(=O)(=O)Cl. The second kappa shape index (κ2) is 4.97. The molecule has 8 heteroatoms. The zero-order valence-electron chi connectivity index (χ0n) is 11.0. The van der Waals surface area contributed by atoms with Crippen molar-refractivity contribution in [1.82, 2.24) is 19.3 Å². The molecule has 0 aromatic carbocycles. The third-order valence-corrected chi connectivity index (χ3v) is 4.58. The molecule has 0 spiro atoms. The van der Waals surface area contributed by atoms with Crippen molar-refractivity contribution in [2.75, 3.05) is 0 Å². The summed E-state index contributed by atoms with van der Waals surface area (Å²) in [5.74, 6) is 0.909. The predicted molar refractivity (Wildman–Crippen MR) is 71.7 cm³/mol. The fourth-order valence-electron chi connectivity index (χ4n) is 2.09. The topological polar surface area (TPSA) is 69.8 Å². The first-order valence-corrected chi connectivity index (χ1v) is 8.08. The third-order valence-electron chi connectivity index (χ3n) is 3.04. The average Bonchev–Trinajstić information content (AvgIpc) is 2.79. The standard InChI is InChI=1S/C11H15ClN4O2S/c1-8-11(19(12,17)18)9(2)16(14-8)7-6-15-5-4-13-10(15)3/h4-5H,6-7H2,1-3H3. The van der Waals surface area contributed by atoms with Gasteiger partial charge in [0.1, 0.15) is 10.7 Å². The molecule has 19 heavy (non-hydrogen) atoms. The maximum absolute atomic E-state index is 11.5. The van der Waals surface area contributed by atoms with Gasteiger partial charge in [-0.05, 0) is 20.8 Å². The van der Waals surface area contributed by atoms with Crippen molar-refractivity contribution in [2.24, 2.45) is 0 Å². The summed E-state index contributed by atoms with van der Waals surface area (Å²) in [6.45, 7) is 6.50. The van der Waals surface area contributed by atoms with E-state index in [1.165, 1.54) is 0 Å². The van der Waals surface area contributed by atoms with E-state index in [-0.39, 0.29) is 4.90 Å². The first kappa shape index (κ1) is 14.1. The van der Waals surface area contributed by atoms with Crippen molar-refractivity contribution < 1.29 is 8.42 Å². The van der Waals surface area contributed by atoms with Crippen LogP contribution in [-0.2, 0) is 22.1 Å². The lowest BCUT2D eigenvalue weighted by Crippen LogP contribution is -2.11. The first-order valence-electron chi connectivity index (χ1n) is 5.77. The Bertz CT molecular complexity index is 702. The number of imidazole rings is 1. The summed E-state index contributed by atoms with van der Waals surface area (Å²) in [6, 6.07) is 0. The lowest BCUT2D eigenvalue weighted by Gasteiger charge is -2.07. The van der Waals surface area contributed by atoms with Gasteiger partial charge in [0.25, 0.3) is 9.05 Å². The van der Waals surface area contributed by atoms with Crippen molar-refractivity contribution in [2.45, 2.75) is 38.8 Å². The molecule has 0 saturated heterocycles. The monoisotopic (exact) mass is 302 g/mol. The van der Waals surface area contributed by atoms with E-state index >= 15 is 0 Å². The molecule has 0 amide bonds. The van der Waals surface area contributed by atoms with Crippen molar-refractivity contribution >= 4 is 19.7 Å². The molecule has 2 aromatic rings. The number of aryl methyl sites for hydroxylation is 4. The summed E-state index contributed by atoms with van der Waals surface area (Å²) in [4.78, 5) is 4.24. The van der Waals surface area contributed by atoms with Gasteiger partial charge in [-0.15, -0.1) is 0 Å². The normalized spacial score (nSPS) is 12.0. The van der Waals surface area contributed by atoms with Gasteiger partial charge < -0.3 is 4.57 Å². The van der Waals surface area contributed by atoms with Crippen LogP contribution in [0.3, 0.4) is 0 Å². The van der Waals surface area contributed by atoms with Gasteiger partial charge in [0.05, 0.1) is 17.9 Å². The van der Waals surface area contributed by atoms with Crippen LogP contribution in [0.2, 0.25) is 0 Å². The molecule has 0 bridgehead atoms. The van der Waals surface area contributed by atoms with E-state index in [1.807, 2.05) is 17.7 Å². The highest BCUT2D eigenvalue weighted by molar-refractivity contribution is 8.13. The molecule has 2 heterocycles. The molecule has 2 rings (SSSR count). The fourth-order valence-corrected chi connectivity index (χ4v) is 3.62. The van der Waals surface area contributed by atoms with Crippen LogP contribution in [0.1, 0.15) is 17.2 Å². The lowest BCUT2D eigenvalue weighted by molar-refractivity contribution is 0.513. The minimum absolute atomic E-state index is 0.108. The Morgan fingerprint density at radius 1 is 1.26 bits per heavy atom. The molecule has 0 fully saturated rings. The highest BCUT2D eigenvalue weighted by Gasteiger charge is 2.22. The minimum Gasteiger partial charge on any atom is -0.333 e. The Morgan fingerprint density at radius 2 is 1.95 bits per heavy atom. The van der Waals surface area contributed by atoms with E-state index < -0.39 is 9.05 Å². The second-order valence-corrected chi connectivity index (χ2v) is 6.83. The van der Waals surface area contributed by atoms with Crippen LogP contribution in [0.15, 0.2) is 17.3 Å². The van der Waals surface area contributed by atoms with Crippen molar-refractivity contribution in [3.05, 3.63) is 29.6 Å². The van der Waals surface area contributed by atoms with Crippen LogP contribution in [0, 0.1) is 20.8 Å². The summed E-state index contributed by atoms with van der Waals surface area (Å²) in [6.07, 6.45) is 3.60. The maximum atomic E-state index is 11.5. The van der Waals surface area contributed by atoms with Crippen LogP contribution in [-0.4, -0.2) is 27.7 Å². The van der Waals surface area contributed by atoms with Crippen molar-refractivity contribution in [3.8, 4) is 0 Å². The molecule has 104 valence electrons. The van der Waals surface area contributed by atoms with E-state index in [0.717, 1.165) is 5.82 Å². The van der Waals surface area contributed by atoms with Gasteiger partial charge in [0.15, 0.2) is 0 Å². The van der Waals surface area contributed by atoms with Gasteiger partial charge in [0, 0.05) is 29.6 Å². The Labute approximate surface area is 116 Å². The summed E-state index contributed by atoms with van der Waals surface area (Å²) in [5, 5.41) is 4.23. The van der Waals surface area contributed by atoms with Crippen LogP contribution in [0.25, 0.3) is 0 Å². The highest BCUT2D eigenvalue weighted by Crippen LogP contribution is 2.23. The zero-order valence-corrected chi connectivity index (χ0v) is 12.5. The van der Waals surface area contributed by atoms with E-state index in [2.05, 4.69) is 10.1 Å². The molecule has 0 atom stereocenters. The smallest absolute Gasteiger partial charge is 0.264 e. The van der Waals surface area contributed by atoms with Gasteiger partial charge >= 0.3 is 0 Å². The molecule has 2 aromatic heterocycles. The third kappa shape index (κ3) is 2.82. The van der Waals surface area contributed by atoms with E-state index in [1.54, 1.807) is 24.7 Å². The van der Waals surface area contributed by atoms with Crippen LogP contribution >= 0.6 is 10.7 Å². The highest BCUT2D eigenvalue weighted by atomic mass is 35.7. The summed E-state index contributed by atoms with van der Waals surface area (Å²) in [5.41, 5.74) is 0.986. The van der Waals surface area contributed by atoms with Crippen LogP contribution < -0.4 is 0 Å². The quantitative estimate of drug-likeness (QED) is 0.805. The number of hydrogen-bond donors (Lipinski definition) is 0. The van der Waals surface area contributed by atoms with Gasteiger partial charge in [-0.1, -0.05) is 0 Å². The van der Waals surface area contributed by atoms with Crippen LogP contribution in [0.5, 0.6) is 0 Å². The predicted octanol–water partition coefficient (Wildman–Crippen LogP) is 1.63. The number of hydrogen-bond acceptors (Lipinski definition) is 4. The molecule has 0 aliphatic heterocycles. The number of halogens is 1. The molecule has 0 radical (unpaired) electrons. The Morgan fingerprint density at radius 3 is 2.42 bits per heavy atom. The summed E-state index contributed by atoms with van der Waals surface area (Å²) in [7, 11) is 1.66. The van der Waals surface area contributed by atoms with Gasteiger partial charge in [0.2, 0.25) is 0 Å². The number of nitrogens with zero attached hydrogens (tertiary/aromatic N) is 4. The summed E-state index contributed by atoms with van der Waals surface area (Å²) < 4.78 is 26.6. The van der Waals surface area contributed by atoms with Crippen LogP contribution in [0.4, 0.5) is 0 Å². The second-order valence-electron chi connectivity index (χ2n) is 4.33. The molecule has 0 N–H and O–H groups in total. The Kier molecular flexibility index (Phi) is 3.69. The molecule has 0 saturated carbocycles. The zero-order chi connectivity index (χ0) is 14.2. The minimum atomic E-state index is -3.75. The average molecular weight is 303 g/mol. The Balaban J connectivity index is 2.26. The lowest BCUT2D eigenvalue weighted by atomic mass is 10.4. The number of aromatic nitrogens is 4. The largest absolute Gasteiger partial charge is 0.333 e. The van der Waals surface area contributed by atoms with E-state index in [4.69, 9.17) is 10.7 Å². The van der Waals surface area contributed by atoms with Gasteiger partial charge in [-0.3, -0.25) is 4.68 Å². The maximum Gasteiger partial charge on any atom is 0.264 e. The molecule has 0 unspecified atom stereocenters. The summed E-state index contributed by atoms with van der Waals surface area (Å²) >= 11 is 0. The molecule has 0 aliphatic rings. The molecule has 0 aliphatic carbocycles. The van der Waals surface area contributed by atoms with Gasteiger partial charge in [-0.2, -0.15) is 5.10 Å². The Hall–Kier alpha value is -1.34. The van der Waals surface area contributed by atoms with Gasteiger partial charge in [-0.25, -0.2) is 13.4 Å². The van der Waals surface area contributed by atoms with E-state index in [9.17, 15) is 8.42 Å². The first-order chi connectivity index (χ1) is 8.80. The van der Waals surface area contributed by atoms with Crippen molar-refractivity contribution in [1.29, 1.82) is 0 Å². The fraction of sp³-hybridized carbons (Fsp3) is 0.455. The molecule has 6 nitrogen and oxygen atoms in total. The van der Waals surface area contributed by atoms with E-state index in [0.29, 0.717) is 24.5 Å². The number of rotatable bonds is 4. The molecular formula is C11H15ClN4O2S.